The van der Waals surface area contributed by atoms with Crippen molar-refractivity contribution in [2.75, 3.05) is 23.7 Å². The van der Waals surface area contributed by atoms with Crippen molar-refractivity contribution < 1.29 is 9.59 Å². The minimum atomic E-state index is -0.278. The molecule has 0 aliphatic carbocycles. The van der Waals surface area contributed by atoms with Gasteiger partial charge in [0.25, 0.3) is 5.91 Å². The van der Waals surface area contributed by atoms with Crippen LogP contribution in [0, 0.1) is 0 Å². The molecule has 0 aliphatic rings. The molecule has 0 aliphatic heterocycles. The maximum atomic E-state index is 12.8. The van der Waals surface area contributed by atoms with Gasteiger partial charge in [0, 0.05) is 35.2 Å². The fourth-order valence-corrected chi connectivity index (χ4v) is 4.33. The molecule has 10 nitrogen and oxygen atoms in total. The molecule has 0 fully saturated rings. The molecule has 3 N–H and O–H groups in total. The molecule has 3 aromatic heterocycles. The van der Waals surface area contributed by atoms with Crippen molar-refractivity contribution in [1.29, 1.82) is 0 Å². The number of hydrogen-bond donors (Lipinski definition) is 3. The zero-order valence-corrected chi connectivity index (χ0v) is 19.8. The third-order valence-corrected chi connectivity index (χ3v) is 6.40. The van der Waals surface area contributed by atoms with Crippen LogP contribution in [0.1, 0.15) is 23.5 Å². The Morgan fingerprint density at radius 2 is 2.03 bits per heavy atom. The Morgan fingerprint density at radius 1 is 1.22 bits per heavy atom. The number of amides is 2. The number of thiazole rings is 1. The lowest BCUT2D eigenvalue weighted by atomic mass is 10.2. The van der Waals surface area contributed by atoms with E-state index in [4.69, 9.17) is 0 Å². The fourth-order valence-electron chi connectivity index (χ4n) is 3.17. The van der Waals surface area contributed by atoms with Gasteiger partial charge in [-0.3, -0.25) is 19.4 Å². The summed E-state index contributed by atoms with van der Waals surface area (Å²) in [5.74, 6) is 0.279. The van der Waals surface area contributed by atoms with Gasteiger partial charge in [0.2, 0.25) is 5.91 Å². The van der Waals surface area contributed by atoms with Gasteiger partial charge in [0.15, 0.2) is 10.9 Å². The van der Waals surface area contributed by atoms with Gasteiger partial charge in [-0.1, -0.05) is 11.3 Å². The second-order valence-corrected chi connectivity index (χ2v) is 8.71. The number of aromatic nitrogens is 5. The maximum Gasteiger partial charge on any atom is 0.267 e. The molecule has 4 rings (SSSR count). The average molecular weight is 517 g/mol. The molecule has 4 aromatic rings. The number of fused-ring (bicyclic) bond motifs is 1. The second-order valence-electron chi connectivity index (χ2n) is 6.83. The second kappa shape index (κ2) is 9.49. The third-order valence-electron chi connectivity index (χ3n) is 4.83. The number of nitrogens with one attached hydrogen (secondary N) is 3. The van der Waals surface area contributed by atoms with Crippen LogP contribution in [-0.4, -0.2) is 54.8 Å². The normalized spacial score (nSPS) is 11.0. The quantitative estimate of drug-likeness (QED) is 0.327. The third kappa shape index (κ3) is 4.65. The van der Waals surface area contributed by atoms with Crippen molar-refractivity contribution in [1.82, 2.24) is 29.9 Å². The average Bonchev–Trinajstić information content (AvgIpc) is 3.52. The first-order valence-electron chi connectivity index (χ1n) is 9.95. The van der Waals surface area contributed by atoms with E-state index >= 15 is 0 Å². The summed E-state index contributed by atoms with van der Waals surface area (Å²) in [5.41, 5.74) is 1.46. The van der Waals surface area contributed by atoms with E-state index < -0.39 is 0 Å². The molecule has 2 amide bonds. The topological polar surface area (TPSA) is 121 Å². The van der Waals surface area contributed by atoms with Crippen LogP contribution in [0.25, 0.3) is 10.9 Å². The Bertz CT molecular complexity index is 1260. The van der Waals surface area contributed by atoms with Crippen LogP contribution in [0.15, 0.2) is 41.3 Å². The molecule has 0 bridgehead atoms. The first-order valence-corrected chi connectivity index (χ1v) is 11.6. The van der Waals surface area contributed by atoms with E-state index in [1.165, 1.54) is 17.5 Å². The number of benzene rings is 1. The predicted molar refractivity (Wildman–Crippen MR) is 127 cm³/mol. The van der Waals surface area contributed by atoms with E-state index in [9.17, 15) is 9.59 Å². The molecule has 32 heavy (non-hydrogen) atoms. The zero-order chi connectivity index (χ0) is 22.7. The number of hydrogen-bond acceptors (Lipinski definition) is 7. The van der Waals surface area contributed by atoms with E-state index in [1.54, 1.807) is 28.0 Å². The number of anilines is 3. The number of aromatic amines is 1. The predicted octanol–water partition coefficient (Wildman–Crippen LogP) is 3.84. The maximum absolute atomic E-state index is 12.8. The molecule has 0 unspecified atom stereocenters. The lowest BCUT2D eigenvalue weighted by Crippen LogP contribution is -2.33. The summed E-state index contributed by atoms with van der Waals surface area (Å²) in [7, 11) is 0. The summed E-state index contributed by atoms with van der Waals surface area (Å²) in [6.07, 6.45) is 4.90. The summed E-state index contributed by atoms with van der Waals surface area (Å²) in [6.45, 7) is 5.39. The van der Waals surface area contributed by atoms with Gasteiger partial charge in [0.1, 0.15) is 11.4 Å². The van der Waals surface area contributed by atoms with Crippen molar-refractivity contribution in [3.63, 3.8) is 0 Å². The molecular weight excluding hydrogens is 496 g/mol. The lowest BCUT2D eigenvalue weighted by molar-refractivity contribution is -0.131. The van der Waals surface area contributed by atoms with E-state index in [2.05, 4.69) is 46.8 Å². The summed E-state index contributed by atoms with van der Waals surface area (Å²) in [6, 6.07) is 5.48. The van der Waals surface area contributed by atoms with Crippen LogP contribution < -0.4 is 10.6 Å². The van der Waals surface area contributed by atoms with E-state index in [-0.39, 0.29) is 18.4 Å². The van der Waals surface area contributed by atoms with Gasteiger partial charge < -0.3 is 15.5 Å². The van der Waals surface area contributed by atoms with Gasteiger partial charge in [-0.15, -0.1) is 0 Å². The highest BCUT2D eigenvalue weighted by molar-refractivity contribution is 9.10. The molecule has 1 aromatic carbocycles. The number of nitrogens with zero attached hydrogens (tertiary/aromatic N) is 5. The summed E-state index contributed by atoms with van der Waals surface area (Å²) >= 11 is 4.68. The first kappa shape index (κ1) is 22.0. The van der Waals surface area contributed by atoms with Crippen molar-refractivity contribution >= 4 is 66.6 Å². The molecule has 0 radical (unpaired) electrons. The van der Waals surface area contributed by atoms with Crippen LogP contribution in [-0.2, 0) is 11.3 Å². The Kier molecular flexibility index (Phi) is 6.51. The molecular formula is C20H21BrN8O2S. The number of likely N-dealkylation sites (N-methyl/N-ethyl adjacent to an activating group) is 1. The van der Waals surface area contributed by atoms with Crippen molar-refractivity contribution in [2.45, 2.75) is 20.4 Å². The number of halogens is 1. The number of H-pyrrole nitrogens is 1. The summed E-state index contributed by atoms with van der Waals surface area (Å²) < 4.78 is 2.33. The van der Waals surface area contributed by atoms with Gasteiger partial charge >= 0.3 is 0 Å². The lowest BCUT2D eigenvalue weighted by Gasteiger charge is -2.18. The van der Waals surface area contributed by atoms with Gasteiger partial charge in [0.05, 0.1) is 23.6 Å². The van der Waals surface area contributed by atoms with Gasteiger partial charge in [-0.05, 0) is 41.9 Å². The SMILES string of the molecule is CCN(CC)C(=O)Cn1ccc(Nc2ncc(C(=O)Nc3c(Br)ccc4[nH]ncc34)s2)n1. The minimum Gasteiger partial charge on any atom is -0.342 e. The molecule has 0 saturated heterocycles. The molecule has 0 spiro atoms. The van der Waals surface area contributed by atoms with Crippen molar-refractivity contribution in [3.05, 3.63) is 46.1 Å². The van der Waals surface area contributed by atoms with Gasteiger partial charge in [-0.2, -0.15) is 10.2 Å². The van der Waals surface area contributed by atoms with Crippen molar-refractivity contribution in [3.8, 4) is 0 Å². The number of carbonyl (C=O) groups excluding carboxylic acids is 2. The van der Waals surface area contributed by atoms with E-state index in [0.717, 1.165) is 15.4 Å². The molecule has 0 saturated carbocycles. The largest absolute Gasteiger partial charge is 0.342 e. The Balaban J connectivity index is 1.41. The molecule has 3 heterocycles. The number of carbonyl (C=O) groups is 2. The smallest absolute Gasteiger partial charge is 0.267 e. The number of rotatable bonds is 8. The van der Waals surface area contributed by atoms with Crippen molar-refractivity contribution in [2.24, 2.45) is 0 Å². The fraction of sp³-hybridized carbons (Fsp3) is 0.250. The molecule has 12 heteroatoms. The first-order chi connectivity index (χ1) is 15.5. The zero-order valence-electron chi connectivity index (χ0n) is 17.4. The minimum absolute atomic E-state index is 0.0108. The monoisotopic (exact) mass is 516 g/mol. The highest BCUT2D eigenvalue weighted by atomic mass is 79.9. The highest BCUT2D eigenvalue weighted by Gasteiger charge is 2.16. The standard InChI is InChI=1S/C20H21BrN8O2S/c1-3-28(4-2)17(30)11-29-8-7-16(27-29)24-20-22-10-15(32-20)19(31)25-18-12-9-23-26-14(12)6-5-13(18)21/h5-10H,3-4,11H2,1-2H3,(H,23,26)(H,25,31)(H,22,24,27). The Hall–Kier alpha value is -3.25. The van der Waals surface area contributed by atoms with E-state index in [0.29, 0.717) is 34.6 Å². The van der Waals surface area contributed by atoms with Crippen LogP contribution in [0.3, 0.4) is 0 Å². The Morgan fingerprint density at radius 3 is 2.81 bits per heavy atom. The van der Waals surface area contributed by atoms with Crippen LogP contribution in [0.2, 0.25) is 0 Å². The molecule has 0 atom stereocenters. The summed E-state index contributed by atoms with van der Waals surface area (Å²) in [4.78, 5) is 31.5. The van der Waals surface area contributed by atoms with Crippen LogP contribution in [0.4, 0.5) is 16.6 Å². The van der Waals surface area contributed by atoms with Gasteiger partial charge in [-0.25, -0.2) is 4.98 Å². The van der Waals surface area contributed by atoms with Crippen LogP contribution in [0.5, 0.6) is 0 Å². The van der Waals surface area contributed by atoms with Crippen LogP contribution >= 0.6 is 27.3 Å². The van der Waals surface area contributed by atoms with E-state index in [1.807, 2.05) is 26.0 Å². The Labute approximate surface area is 196 Å². The highest BCUT2D eigenvalue weighted by Crippen LogP contribution is 2.31. The molecule has 166 valence electrons. The summed E-state index contributed by atoms with van der Waals surface area (Å²) in [5, 5.41) is 18.6.